The van der Waals surface area contributed by atoms with E-state index in [-0.39, 0.29) is 22.8 Å². The molecule has 3 aromatic carbocycles. The molecule has 0 aromatic heterocycles. The lowest BCUT2D eigenvalue weighted by atomic mass is 10.1. The molecule has 8 nitrogen and oxygen atoms in total. The molecule has 0 bridgehead atoms. The van der Waals surface area contributed by atoms with Gasteiger partial charge in [-0.15, -0.1) is 0 Å². The summed E-state index contributed by atoms with van der Waals surface area (Å²) in [6.45, 7) is 0. The fraction of sp³-hybridized carbons (Fsp3) is 0.125. The summed E-state index contributed by atoms with van der Waals surface area (Å²) in [7, 11) is -4.05. The highest BCUT2D eigenvalue weighted by Crippen LogP contribution is 2.22. The second kappa shape index (κ2) is 12.6. The summed E-state index contributed by atoms with van der Waals surface area (Å²) in [5.74, 6) is -0.834. The molecule has 0 saturated heterocycles. The Morgan fingerprint density at radius 1 is 1.08 bits per heavy atom. The highest BCUT2D eigenvalue weighted by Gasteiger charge is 2.25. The van der Waals surface area contributed by atoms with Crippen LogP contribution in [0, 0.1) is 5.82 Å². The van der Waals surface area contributed by atoms with Crippen molar-refractivity contribution < 1.29 is 27.0 Å². The van der Waals surface area contributed by atoms with E-state index in [1.165, 1.54) is 66.5 Å². The molecule has 0 spiro atoms. The van der Waals surface area contributed by atoms with E-state index >= 15 is 0 Å². The first-order valence-electron chi connectivity index (χ1n) is 10.4. The van der Waals surface area contributed by atoms with Crippen LogP contribution >= 0.6 is 23.4 Å². The molecule has 0 aliphatic heterocycles. The average molecular weight is 550 g/mol. The highest BCUT2D eigenvalue weighted by atomic mass is 35.5. The Bertz CT molecular complexity index is 1350. The van der Waals surface area contributed by atoms with Gasteiger partial charge < -0.3 is 0 Å². The van der Waals surface area contributed by atoms with Gasteiger partial charge in [0.25, 0.3) is 16.0 Å². The number of carbonyl (C=O) groups is 2. The molecule has 0 fully saturated rings. The van der Waals surface area contributed by atoms with Crippen LogP contribution in [0.3, 0.4) is 0 Å². The number of hydrazone groups is 1. The molecule has 3 amide bonds. The Balaban J connectivity index is 1.78. The molecule has 0 atom stereocenters. The van der Waals surface area contributed by atoms with Gasteiger partial charge in [-0.2, -0.15) is 25.3 Å². The Morgan fingerprint density at radius 3 is 2.44 bits per heavy atom. The zero-order chi connectivity index (χ0) is 26.1. The first kappa shape index (κ1) is 27.3. The summed E-state index contributed by atoms with van der Waals surface area (Å²) in [5, 5.41) is 4.28. The van der Waals surface area contributed by atoms with Gasteiger partial charge in [0.1, 0.15) is 5.82 Å². The van der Waals surface area contributed by atoms with Gasteiger partial charge in [0.15, 0.2) is 0 Å². The van der Waals surface area contributed by atoms with Gasteiger partial charge in [-0.05, 0) is 59.7 Å². The van der Waals surface area contributed by atoms with Crippen LogP contribution in [0.25, 0.3) is 0 Å². The quantitative estimate of drug-likeness (QED) is 0.168. The SMILES string of the molecule is O=C(NN=Cc1ccc(F)cc1)N(C(=O)c1cccc(CSCCS(=O)(=O)O)c1)c1ccc(Cl)cc1. The fourth-order valence-electron chi connectivity index (χ4n) is 2.96. The first-order chi connectivity index (χ1) is 17.1. The van der Waals surface area contributed by atoms with E-state index in [1.807, 2.05) is 0 Å². The van der Waals surface area contributed by atoms with E-state index in [0.29, 0.717) is 16.3 Å². The van der Waals surface area contributed by atoms with Crippen LogP contribution in [0.5, 0.6) is 0 Å². The van der Waals surface area contributed by atoms with Crippen molar-refractivity contribution in [1.29, 1.82) is 0 Å². The molecule has 0 heterocycles. The van der Waals surface area contributed by atoms with Crippen molar-refractivity contribution in [3.63, 3.8) is 0 Å². The number of benzene rings is 3. The standard InChI is InChI=1S/C24H21ClFN3O5S2/c25-20-6-10-22(11-7-20)29(24(31)28-27-15-17-4-8-21(26)9-5-17)23(30)19-3-1-2-18(14-19)16-35-12-13-36(32,33)34/h1-11,14-15H,12-13,16H2,(H,28,31)(H,32,33,34). The van der Waals surface area contributed by atoms with Crippen LogP contribution in [0.4, 0.5) is 14.9 Å². The largest absolute Gasteiger partial charge is 0.349 e. The Morgan fingerprint density at radius 2 is 1.78 bits per heavy atom. The van der Waals surface area contributed by atoms with Crippen LogP contribution in [-0.4, -0.2) is 42.6 Å². The summed E-state index contributed by atoms with van der Waals surface area (Å²) in [6.07, 6.45) is 1.31. The van der Waals surface area contributed by atoms with Gasteiger partial charge >= 0.3 is 6.03 Å². The van der Waals surface area contributed by atoms with E-state index in [2.05, 4.69) is 10.5 Å². The van der Waals surface area contributed by atoms with E-state index in [9.17, 15) is 22.4 Å². The van der Waals surface area contributed by atoms with E-state index in [4.69, 9.17) is 16.2 Å². The minimum absolute atomic E-state index is 0.183. The summed E-state index contributed by atoms with van der Waals surface area (Å²) < 4.78 is 43.7. The Hall–Kier alpha value is -3.25. The number of urea groups is 1. The number of thioether (sulfide) groups is 1. The van der Waals surface area contributed by atoms with Crippen LogP contribution < -0.4 is 10.3 Å². The third kappa shape index (κ3) is 8.45. The van der Waals surface area contributed by atoms with Crippen LogP contribution in [-0.2, 0) is 15.9 Å². The number of hydrogen-bond acceptors (Lipinski definition) is 6. The topological polar surface area (TPSA) is 116 Å². The van der Waals surface area contributed by atoms with Crippen LogP contribution in [0.15, 0.2) is 77.9 Å². The van der Waals surface area contributed by atoms with Crippen LogP contribution in [0.1, 0.15) is 21.5 Å². The van der Waals surface area contributed by atoms with Crippen molar-refractivity contribution in [2.24, 2.45) is 5.10 Å². The number of amides is 3. The molecule has 0 aliphatic rings. The Kier molecular flexibility index (Phi) is 9.59. The smallest absolute Gasteiger partial charge is 0.286 e. The molecule has 0 saturated carbocycles. The molecule has 36 heavy (non-hydrogen) atoms. The first-order valence-corrected chi connectivity index (χ1v) is 13.6. The van der Waals surface area contributed by atoms with Gasteiger partial charge in [0.05, 0.1) is 17.7 Å². The highest BCUT2D eigenvalue weighted by molar-refractivity contribution is 7.99. The maximum atomic E-state index is 13.4. The van der Waals surface area contributed by atoms with E-state index in [1.54, 1.807) is 24.3 Å². The molecule has 3 rings (SSSR count). The lowest BCUT2D eigenvalue weighted by Crippen LogP contribution is -2.42. The molecule has 2 N–H and O–H groups in total. The van der Waals surface area contributed by atoms with Crippen molar-refractivity contribution in [2.45, 2.75) is 5.75 Å². The van der Waals surface area contributed by atoms with Gasteiger partial charge in [-0.1, -0.05) is 35.9 Å². The van der Waals surface area contributed by atoms with Gasteiger partial charge in [-0.3, -0.25) is 9.35 Å². The summed E-state index contributed by atoms with van der Waals surface area (Å²) in [6, 6.07) is 17.3. The lowest BCUT2D eigenvalue weighted by Gasteiger charge is -2.20. The number of halogens is 2. The number of rotatable bonds is 9. The van der Waals surface area contributed by atoms with Gasteiger partial charge in [0, 0.05) is 22.1 Å². The molecule has 3 aromatic rings. The molecule has 0 aliphatic carbocycles. The molecule has 0 radical (unpaired) electrons. The van der Waals surface area contributed by atoms with E-state index in [0.717, 1.165) is 10.5 Å². The maximum Gasteiger partial charge on any atom is 0.349 e. The summed E-state index contributed by atoms with van der Waals surface area (Å²) >= 11 is 7.23. The third-order valence-electron chi connectivity index (χ3n) is 4.66. The van der Waals surface area contributed by atoms with Crippen molar-refractivity contribution in [1.82, 2.24) is 5.43 Å². The molecule has 188 valence electrons. The zero-order valence-electron chi connectivity index (χ0n) is 18.7. The second-order valence-corrected chi connectivity index (χ2v) is 10.5. The molecular weight excluding hydrogens is 529 g/mol. The number of imide groups is 1. The number of hydrogen-bond donors (Lipinski definition) is 2. The number of anilines is 1. The average Bonchev–Trinajstić information content (AvgIpc) is 2.84. The number of nitrogens with one attached hydrogen (secondary N) is 1. The third-order valence-corrected chi connectivity index (χ3v) is 6.92. The molecular formula is C24H21ClFN3O5S2. The summed E-state index contributed by atoms with van der Waals surface area (Å²) in [5.41, 5.74) is 4.05. The molecule has 12 heteroatoms. The Labute approximate surface area is 216 Å². The van der Waals surface area contributed by atoms with Crippen LogP contribution in [0.2, 0.25) is 5.02 Å². The predicted octanol–water partition coefficient (Wildman–Crippen LogP) is 4.99. The van der Waals surface area contributed by atoms with Crippen molar-refractivity contribution in [2.75, 3.05) is 16.4 Å². The second-order valence-electron chi connectivity index (χ2n) is 7.38. The monoisotopic (exact) mass is 549 g/mol. The van der Waals surface area contributed by atoms with Crippen molar-refractivity contribution in [3.8, 4) is 0 Å². The zero-order valence-corrected chi connectivity index (χ0v) is 21.1. The van der Waals surface area contributed by atoms with Crippen molar-refractivity contribution >= 4 is 57.3 Å². The molecule has 0 unspecified atom stereocenters. The normalized spacial score (nSPS) is 11.4. The minimum Gasteiger partial charge on any atom is -0.286 e. The predicted molar refractivity (Wildman–Crippen MR) is 140 cm³/mol. The van der Waals surface area contributed by atoms with E-state index < -0.39 is 27.9 Å². The lowest BCUT2D eigenvalue weighted by molar-refractivity contribution is 0.0993. The summed E-state index contributed by atoms with van der Waals surface area (Å²) in [4.78, 5) is 27.3. The fourth-order valence-corrected chi connectivity index (χ4v) is 4.95. The minimum atomic E-state index is -4.05. The van der Waals surface area contributed by atoms with Gasteiger partial charge in [-0.25, -0.2) is 19.5 Å². The van der Waals surface area contributed by atoms with Gasteiger partial charge in [0.2, 0.25) is 0 Å². The van der Waals surface area contributed by atoms with Crippen molar-refractivity contribution in [3.05, 3.63) is 100 Å². The number of nitrogens with zero attached hydrogens (tertiary/aromatic N) is 2. The number of carbonyl (C=O) groups excluding carboxylic acids is 2. The maximum absolute atomic E-state index is 13.4.